The van der Waals surface area contributed by atoms with E-state index in [-0.39, 0.29) is 18.3 Å². The molecule has 0 radical (unpaired) electrons. The molecule has 1 heterocycles. The standard InChI is InChI=1S/C14H15ClN2O3/c1-9(2)17-13(14(18)19)10(7-16-17)8-20-12-5-3-11(15)4-6-12/h3-7,9H,8H2,1-2H3,(H,18,19). The van der Waals surface area contributed by atoms with Crippen LogP contribution in [0.5, 0.6) is 5.75 Å². The van der Waals surface area contributed by atoms with E-state index in [0.717, 1.165) is 0 Å². The SMILES string of the molecule is CC(C)n1ncc(COc2ccc(Cl)cc2)c1C(=O)O. The fourth-order valence-corrected chi connectivity index (χ4v) is 1.95. The molecule has 0 saturated heterocycles. The molecule has 20 heavy (non-hydrogen) atoms. The minimum atomic E-state index is -1.01. The van der Waals surface area contributed by atoms with Gasteiger partial charge in [0.25, 0.3) is 0 Å². The Hall–Kier alpha value is -2.01. The van der Waals surface area contributed by atoms with E-state index in [4.69, 9.17) is 16.3 Å². The van der Waals surface area contributed by atoms with Crippen LogP contribution in [0.1, 0.15) is 35.9 Å². The predicted molar refractivity (Wildman–Crippen MR) is 75.4 cm³/mol. The van der Waals surface area contributed by atoms with Gasteiger partial charge in [0.1, 0.15) is 12.4 Å². The quantitative estimate of drug-likeness (QED) is 0.918. The molecule has 0 aliphatic rings. The van der Waals surface area contributed by atoms with Crippen molar-refractivity contribution in [2.75, 3.05) is 0 Å². The van der Waals surface area contributed by atoms with Gasteiger partial charge in [0.2, 0.25) is 0 Å². The van der Waals surface area contributed by atoms with Crippen LogP contribution in [0.15, 0.2) is 30.5 Å². The van der Waals surface area contributed by atoms with Gasteiger partial charge in [-0.3, -0.25) is 4.68 Å². The fraction of sp³-hybridized carbons (Fsp3) is 0.286. The summed E-state index contributed by atoms with van der Waals surface area (Å²) in [5, 5.41) is 14.0. The molecule has 0 fully saturated rings. The monoisotopic (exact) mass is 294 g/mol. The van der Waals surface area contributed by atoms with Crippen molar-refractivity contribution in [3.8, 4) is 5.75 Å². The van der Waals surface area contributed by atoms with Crippen molar-refractivity contribution < 1.29 is 14.6 Å². The third kappa shape index (κ3) is 3.11. The average molecular weight is 295 g/mol. The zero-order valence-electron chi connectivity index (χ0n) is 11.2. The van der Waals surface area contributed by atoms with Gasteiger partial charge in [-0.25, -0.2) is 4.79 Å². The molecule has 0 unspecified atom stereocenters. The van der Waals surface area contributed by atoms with Gasteiger partial charge in [-0.1, -0.05) is 11.6 Å². The maximum absolute atomic E-state index is 11.3. The molecule has 0 atom stereocenters. The second kappa shape index (κ2) is 5.96. The first-order valence-electron chi connectivity index (χ1n) is 6.17. The summed E-state index contributed by atoms with van der Waals surface area (Å²) in [4.78, 5) is 11.3. The maximum atomic E-state index is 11.3. The number of hydrogen-bond donors (Lipinski definition) is 1. The molecule has 0 saturated carbocycles. The average Bonchev–Trinajstić information content (AvgIpc) is 2.82. The van der Waals surface area contributed by atoms with E-state index in [1.807, 2.05) is 13.8 Å². The number of ether oxygens (including phenoxy) is 1. The summed E-state index contributed by atoms with van der Waals surface area (Å²) in [5.74, 6) is -0.381. The molecule has 0 aliphatic carbocycles. The summed E-state index contributed by atoms with van der Waals surface area (Å²) >= 11 is 5.79. The van der Waals surface area contributed by atoms with E-state index in [0.29, 0.717) is 16.3 Å². The number of carbonyl (C=O) groups is 1. The van der Waals surface area contributed by atoms with E-state index in [2.05, 4.69) is 5.10 Å². The predicted octanol–water partition coefficient (Wildman–Crippen LogP) is 3.39. The molecule has 2 rings (SSSR count). The van der Waals surface area contributed by atoms with Crippen molar-refractivity contribution in [3.05, 3.63) is 46.7 Å². The zero-order chi connectivity index (χ0) is 14.7. The van der Waals surface area contributed by atoms with Crippen molar-refractivity contribution in [2.45, 2.75) is 26.5 Å². The van der Waals surface area contributed by atoms with Gasteiger partial charge in [-0.2, -0.15) is 5.10 Å². The fourth-order valence-electron chi connectivity index (χ4n) is 1.82. The molecule has 2 aromatic rings. The highest BCUT2D eigenvalue weighted by Crippen LogP contribution is 2.19. The molecule has 0 bridgehead atoms. The highest BCUT2D eigenvalue weighted by atomic mass is 35.5. The lowest BCUT2D eigenvalue weighted by Crippen LogP contribution is -2.14. The first kappa shape index (κ1) is 14.4. The van der Waals surface area contributed by atoms with Gasteiger partial charge in [0.15, 0.2) is 5.69 Å². The highest BCUT2D eigenvalue weighted by Gasteiger charge is 2.19. The van der Waals surface area contributed by atoms with E-state index in [1.54, 1.807) is 24.3 Å². The number of halogens is 1. The Balaban J connectivity index is 2.17. The summed E-state index contributed by atoms with van der Waals surface area (Å²) in [6.07, 6.45) is 1.53. The van der Waals surface area contributed by atoms with Gasteiger partial charge < -0.3 is 9.84 Å². The van der Waals surface area contributed by atoms with E-state index in [1.165, 1.54) is 10.9 Å². The van der Waals surface area contributed by atoms with Crippen LogP contribution in [0, 0.1) is 0 Å². The van der Waals surface area contributed by atoms with Gasteiger partial charge in [0, 0.05) is 16.6 Å². The topological polar surface area (TPSA) is 64.4 Å². The lowest BCUT2D eigenvalue weighted by Gasteiger charge is -2.10. The number of carboxylic acids is 1. The second-order valence-corrected chi connectivity index (χ2v) is 5.04. The number of nitrogens with zero attached hydrogens (tertiary/aromatic N) is 2. The Morgan fingerprint density at radius 2 is 2.05 bits per heavy atom. The van der Waals surface area contributed by atoms with Crippen LogP contribution >= 0.6 is 11.6 Å². The Kier molecular flexibility index (Phi) is 4.29. The number of hydrogen-bond acceptors (Lipinski definition) is 3. The lowest BCUT2D eigenvalue weighted by atomic mass is 10.2. The molecule has 1 aromatic heterocycles. The second-order valence-electron chi connectivity index (χ2n) is 4.60. The molecule has 1 N–H and O–H groups in total. The minimum absolute atomic E-state index is 0.0228. The van der Waals surface area contributed by atoms with Crippen LogP contribution < -0.4 is 4.74 Å². The maximum Gasteiger partial charge on any atom is 0.354 e. The molecule has 106 valence electrons. The van der Waals surface area contributed by atoms with Gasteiger partial charge in [0.05, 0.1) is 6.20 Å². The van der Waals surface area contributed by atoms with E-state index < -0.39 is 5.97 Å². The molecule has 0 aliphatic heterocycles. The van der Waals surface area contributed by atoms with E-state index >= 15 is 0 Å². The van der Waals surface area contributed by atoms with Gasteiger partial charge in [-0.05, 0) is 38.1 Å². The minimum Gasteiger partial charge on any atom is -0.489 e. The molecule has 6 heteroatoms. The highest BCUT2D eigenvalue weighted by molar-refractivity contribution is 6.30. The number of benzene rings is 1. The summed E-state index contributed by atoms with van der Waals surface area (Å²) in [6.45, 7) is 3.91. The number of rotatable bonds is 5. The Labute approximate surface area is 121 Å². The molecular formula is C14H15ClN2O3. The Morgan fingerprint density at radius 1 is 1.40 bits per heavy atom. The third-order valence-corrected chi connectivity index (χ3v) is 3.02. The normalized spacial score (nSPS) is 10.8. The van der Waals surface area contributed by atoms with Crippen LogP contribution in [-0.2, 0) is 6.61 Å². The van der Waals surface area contributed by atoms with Crippen molar-refractivity contribution in [3.63, 3.8) is 0 Å². The van der Waals surface area contributed by atoms with Crippen LogP contribution in [0.4, 0.5) is 0 Å². The van der Waals surface area contributed by atoms with Crippen molar-refractivity contribution in [1.82, 2.24) is 9.78 Å². The van der Waals surface area contributed by atoms with Gasteiger partial charge >= 0.3 is 5.97 Å². The summed E-state index contributed by atoms with van der Waals surface area (Å²) < 4.78 is 7.03. The Morgan fingerprint density at radius 3 is 2.60 bits per heavy atom. The summed E-state index contributed by atoms with van der Waals surface area (Å²) in [5.41, 5.74) is 0.704. The van der Waals surface area contributed by atoms with E-state index in [9.17, 15) is 9.90 Å². The third-order valence-electron chi connectivity index (χ3n) is 2.77. The van der Waals surface area contributed by atoms with Crippen molar-refractivity contribution >= 4 is 17.6 Å². The van der Waals surface area contributed by atoms with Gasteiger partial charge in [-0.15, -0.1) is 0 Å². The van der Waals surface area contributed by atoms with Crippen molar-refractivity contribution in [2.24, 2.45) is 0 Å². The molecule has 1 aromatic carbocycles. The number of aromatic carboxylic acids is 1. The van der Waals surface area contributed by atoms with Crippen LogP contribution in [0.25, 0.3) is 0 Å². The largest absolute Gasteiger partial charge is 0.489 e. The molecular weight excluding hydrogens is 280 g/mol. The van der Waals surface area contributed by atoms with Crippen molar-refractivity contribution in [1.29, 1.82) is 0 Å². The number of aromatic nitrogens is 2. The summed E-state index contributed by atoms with van der Waals surface area (Å²) in [7, 11) is 0. The summed E-state index contributed by atoms with van der Waals surface area (Å²) in [6, 6.07) is 6.87. The molecule has 0 amide bonds. The molecule has 5 nitrogen and oxygen atoms in total. The van der Waals surface area contributed by atoms with Crippen LogP contribution in [0.2, 0.25) is 5.02 Å². The first-order valence-corrected chi connectivity index (χ1v) is 6.55. The molecule has 0 spiro atoms. The lowest BCUT2D eigenvalue weighted by molar-refractivity contribution is 0.0678. The zero-order valence-corrected chi connectivity index (χ0v) is 12.0. The van der Waals surface area contributed by atoms with Crippen LogP contribution in [0.3, 0.4) is 0 Å². The Bertz CT molecular complexity index is 605. The number of carboxylic acid groups (broad SMARTS) is 1. The smallest absolute Gasteiger partial charge is 0.354 e. The first-order chi connectivity index (χ1) is 9.49. The van der Waals surface area contributed by atoms with Crippen LogP contribution in [-0.4, -0.2) is 20.9 Å².